The lowest BCUT2D eigenvalue weighted by atomic mass is 9.78. The van der Waals surface area contributed by atoms with Crippen molar-refractivity contribution in [3.63, 3.8) is 0 Å². The molecule has 1 unspecified atom stereocenters. The van der Waals surface area contributed by atoms with Gasteiger partial charge in [0.25, 0.3) is 0 Å². The van der Waals surface area contributed by atoms with Crippen LogP contribution >= 0.6 is 11.6 Å². The molecule has 1 aliphatic heterocycles. The van der Waals surface area contributed by atoms with Crippen LogP contribution in [0.15, 0.2) is 47.6 Å². The summed E-state index contributed by atoms with van der Waals surface area (Å²) in [7, 11) is -0.819. The monoisotopic (exact) mass is 376 g/mol. The summed E-state index contributed by atoms with van der Waals surface area (Å²) in [5.74, 6) is 0.145. The first-order chi connectivity index (χ1) is 12.4. The summed E-state index contributed by atoms with van der Waals surface area (Å²) in [5, 5.41) is 29.2. The second-order valence-electron chi connectivity index (χ2n) is 6.53. The number of phenols is 1. The standard InChI is InChI=1S/C20H26BClO4/c1-3-4-15(11-16-6-7-17(24)12-19(16)22)5-8-20-18(14(2)13-23)9-10-21(25)26-20/h6-7,9,11-12,20,23-25H,2-5,8,10,13H2,1H3/b15-11+. The van der Waals surface area contributed by atoms with Gasteiger partial charge in [-0.15, -0.1) is 0 Å². The van der Waals surface area contributed by atoms with Crippen LogP contribution in [-0.2, 0) is 4.65 Å². The Balaban J connectivity index is 2.14. The number of rotatable bonds is 8. The third kappa shape index (κ3) is 5.75. The Morgan fingerprint density at radius 2 is 2.19 bits per heavy atom. The quantitative estimate of drug-likeness (QED) is 0.589. The van der Waals surface area contributed by atoms with Crippen molar-refractivity contribution in [2.75, 3.05) is 6.61 Å². The number of aliphatic hydroxyl groups excluding tert-OH is 1. The zero-order valence-corrected chi connectivity index (χ0v) is 15.9. The van der Waals surface area contributed by atoms with Crippen LogP contribution in [0, 0.1) is 0 Å². The van der Waals surface area contributed by atoms with E-state index < -0.39 is 7.12 Å². The van der Waals surface area contributed by atoms with Crippen molar-refractivity contribution in [3.05, 3.63) is 58.2 Å². The van der Waals surface area contributed by atoms with Crippen molar-refractivity contribution in [3.8, 4) is 5.75 Å². The molecule has 2 rings (SSSR count). The highest BCUT2D eigenvalue weighted by Crippen LogP contribution is 2.30. The molecule has 0 saturated heterocycles. The topological polar surface area (TPSA) is 69.9 Å². The van der Waals surface area contributed by atoms with E-state index in [1.54, 1.807) is 12.1 Å². The Bertz CT molecular complexity index is 699. The van der Waals surface area contributed by atoms with Gasteiger partial charge >= 0.3 is 7.12 Å². The molecule has 1 aliphatic rings. The molecule has 1 aromatic carbocycles. The van der Waals surface area contributed by atoms with Crippen molar-refractivity contribution in [1.82, 2.24) is 0 Å². The first-order valence-electron chi connectivity index (χ1n) is 8.95. The summed E-state index contributed by atoms with van der Waals surface area (Å²) in [6, 6.07) is 4.95. The smallest absolute Gasteiger partial charge is 0.458 e. The molecule has 4 nitrogen and oxygen atoms in total. The molecule has 0 spiro atoms. The Morgan fingerprint density at radius 1 is 1.42 bits per heavy atom. The van der Waals surface area contributed by atoms with E-state index in [0.717, 1.165) is 30.4 Å². The van der Waals surface area contributed by atoms with Gasteiger partial charge in [-0.2, -0.15) is 0 Å². The Hall–Kier alpha value is -1.53. The van der Waals surface area contributed by atoms with Gasteiger partial charge in [0.05, 0.1) is 17.7 Å². The first kappa shape index (κ1) is 20.8. The summed E-state index contributed by atoms with van der Waals surface area (Å²) in [5.41, 5.74) is 3.59. The number of allylic oxidation sites excluding steroid dienone is 2. The molecule has 0 aromatic heterocycles. The number of aromatic hydroxyl groups is 1. The fourth-order valence-corrected chi connectivity index (χ4v) is 3.35. The molecular weight excluding hydrogens is 350 g/mol. The molecule has 0 aliphatic carbocycles. The third-order valence-corrected chi connectivity index (χ3v) is 4.78. The summed E-state index contributed by atoms with van der Waals surface area (Å²) in [6.07, 6.45) is 7.46. The highest BCUT2D eigenvalue weighted by atomic mass is 35.5. The minimum atomic E-state index is -0.819. The lowest BCUT2D eigenvalue weighted by Crippen LogP contribution is -2.32. The fraction of sp³-hybridized carbons (Fsp3) is 0.400. The molecule has 0 saturated carbocycles. The van der Waals surface area contributed by atoms with Crippen LogP contribution < -0.4 is 0 Å². The fourth-order valence-electron chi connectivity index (χ4n) is 3.12. The predicted molar refractivity (Wildman–Crippen MR) is 107 cm³/mol. The summed E-state index contributed by atoms with van der Waals surface area (Å²) < 4.78 is 5.67. The van der Waals surface area contributed by atoms with Crippen molar-refractivity contribution in [1.29, 1.82) is 0 Å². The summed E-state index contributed by atoms with van der Waals surface area (Å²) in [6.45, 7) is 5.88. The number of benzene rings is 1. The van der Waals surface area contributed by atoms with Crippen LogP contribution in [0.3, 0.4) is 0 Å². The van der Waals surface area contributed by atoms with Gasteiger partial charge in [0.1, 0.15) is 5.75 Å². The SMILES string of the molecule is C=C(CO)C1=CCB(O)OC1CC/C(=C/c1ccc(O)cc1Cl)CCC. The van der Waals surface area contributed by atoms with Gasteiger partial charge in [0.2, 0.25) is 0 Å². The molecule has 1 aromatic rings. The number of halogens is 1. The van der Waals surface area contributed by atoms with E-state index in [-0.39, 0.29) is 18.5 Å². The normalized spacial score (nSPS) is 18.0. The lowest BCUT2D eigenvalue weighted by molar-refractivity contribution is 0.180. The predicted octanol–water partition coefficient (Wildman–Crippen LogP) is 4.36. The third-order valence-electron chi connectivity index (χ3n) is 4.45. The summed E-state index contributed by atoms with van der Waals surface area (Å²) in [4.78, 5) is 0. The zero-order chi connectivity index (χ0) is 19.1. The van der Waals surface area contributed by atoms with Crippen molar-refractivity contribution in [2.24, 2.45) is 0 Å². The highest BCUT2D eigenvalue weighted by Gasteiger charge is 2.28. The maximum Gasteiger partial charge on any atom is 0.458 e. The van der Waals surface area contributed by atoms with Gasteiger partial charge in [-0.05, 0) is 54.2 Å². The Labute approximate surface area is 160 Å². The van der Waals surface area contributed by atoms with Crippen LogP contribution in [0.5, 0.6) is 5.75 Å². The van der Waals surface area contributed by atoms with Crippen LogP contribution in [0.2, 0.25) is 11.3 Å². The molecule has 0 fully saturated rings. The van der Waals surface area contributed by atoms with E-state index in [9.17, 15) is 15.2 Å². The maximum atomic E-state index is 9.80. The average Bonchev–Trinajstić information content (AvgIpc) is 2.61. The second kappa shape index (κ2) is 9.98. The molecule has 0 bridgehead atoms. The van der Waals surface area contributed by atoms with Crippen LogP contribution in [0.1, 0.15) is 38.2 Å². The molecule has 26 heavy (non-hydrogen) atoms. The zero-order valence-electron chi connectivity index (χ0n) is 15.1. The van der Waals surface area contributed by atoms with Gasteiger partial charge in [0.15, 0.2) is 0 Å². The average molecular weight is 377 g/mol. The van der Waals surface area contributed by atoms with Crippen LogP contribution in [0.4, 0.5) is 0 Å². The molecule has 0 radical (unpaired) electrons. The van der Waals surface area contributed by atoms with E-state index in [2.05, 4.69) is 19.6 Å². The molecule has 1 heterocycles. The molecular formula is C20H26BClO4. The number of aliphatic hydroxyl groups is 1. The lowest BCUT2D eigenvalue weighted by Gasteiger charge is -2.28. The van der Waals surface area contributed by atoms with Gasteiger partial charge in [0, 0.05) is 6.32 Å². The minimum absolute atomic E-state index is 0.122. The number of hydrogen-bond acceptors (Lipinski definition) is 4. The van der Waals surface area contributed by atoms with E-state index in [1.165, 1.54) is 11.6 Å². The molecule has 1 atom stereocenters. The largest absolute Gasteiger partial charge is 0.508 e. The maximum absolute atomic E-state index is 9.80. The van der Waals surface area contributed by atoms with E-state index in [4.69, 9.17) is 16.3 Å². The molecule has 140 valence electrons. The molecule has 6 heteroatoms. The molecule has 3 N–H and O–H groups in total. The van der Waals surface area contributed by atoms with E-state index in [0.29, 0.717) is 23.3 Å². The number of phenolic OH excluding ortho intramolecular Hbond substituents is 1. The van der Waals surface area contributed by atoms with Gasteiger partial charge in [-0.3, -0.25) is 0 Å². The first-order valence-corrected chi connectivity index (χ1v) is 9.33. The van der Waals surface area contributed by atoms with Crippen molar-refractivity contribution in [2.45, 2.75) is 45.0 Å². The van der Waals surface area contributed by atoms with E-state index >= 15 is 0 Å². The van der Waals surface area contributed by atoms with Gasteiger partial charge in [-0.1, -0.05) is 49.2 Å². The molecule has 0 amide bonds. The van der Waals surface area contributed by atoms with Crippen LogP contribution in [0.25, 0.3) is 6.08 Å². The second-order valence-corrected chi connectivity index (χ2v) is 6.94. The minimum Gasteiger partial charge on any atom is -0.508 e. The Kier molecular flexibility index (Phi) is 7.97. The van der Waals surface area contributed by atoms with Crippen LogP contribution in [-0.4, -0.2) is 35.1 Å². The van der Waals surface area contributed by atoms with Crippen molar-refractivity contribution < 1.29 is 19.9 Å². The van der Waals surface area contributed by atoms with Crippen molar-refractivity contribution >= 4 is 24.8 Å². The van der Waals surface area contributed by atoms with Gasteiger partial charge < -0.3 is 19.9 Å². The summed E-state index contributed by atoms with van der Waals surface area (Å²) >= 11 is 6.21. The van der Waals surface area contributed by atoms with Gasteiger partial charge in [-0.25, -0.2) is 0 Å². The Morgan fingerprint density at radius 3 is 2.85 bits per heavy atom. The number of hydrogen-bond donors (Lipinski definition) is 3. The van der Waals surface area contributed by atoms with E-state index in [1.807, 2.05) is 6.08 Å². The highest BCUT2D eigenvalue weighted by molar-refractivity contribution is 6.43.